The summed E-state index contributed by atoms with van der Waals surface area (Å²) in [6, 6.07) is 0. The van der Waals surface area contributed by atoms with Crippen molar-refractivity contribution in [3.63, 3.8) is 0 Å². The van der Waals surface area contributed by atoms with Gasteiger partial charge >= 0.3 is 10.3 Å². The van der Waals surface area contributed by atoms with E-state index in [4.69, 9.17) is 4.55 Å². The Hall–Kier alpha value is 0.120. The monoisotopic (exact) mass is 230 g/mol. The number of amides is 1. The van der Waals surface area contributed by atoms with E-state index in [1.54, 1.807) is 20.8 Å². The van der Waals surface area contributed by atoms with Gasteiger partial charge in [-0.1, -0.05) is 27.4 Å². The van der Waals surface area contributed by atoms with Crippen molar-refractivity contribution >= 4 is 45.8 Å². The number of hydrogen-bond donors (Lipinski definition) is 2. The van der Waals surface area contributed by atoms with Gasteiger partial charge in [0.2, 0.25) is 0 Å². The second-order valence-corrected chi connectivity index (χ2v) is 4.79. The van der Waals surface area contributed by atoms with Gasteiger partial charge in [0, 0.05) is 35.1 Å². The van der Waals surface area contributed by atoms with E-state index in [-0.39, 0.29) is 35.1 Å². The van der Waals surface area contributed by atoms with Crippen LogP contribution in [0.1, 0.15) is 20.8 Å². The van der Waals surface area contributed by atoms with Crippen LogP contribution in [-0.4, -0.2) is 48.4 Å². The molecule has 7 heteroatoms. The molecule has 1 radical (unpaired) electrons. The SMILES string of the molecule is C=C(C(=O)NS(=O)(=O)O)C(C)(C)C.[Na]. The molecule has 0 aliphatic heterocycles. The maximum Gasteiger partial charge on any atom is 0.359 e. The molecule has 0 aromatic heterocycles. The molecule has 0 heterocycles. The van der Waals surface area contributed by atoms with Crippen LogP contribution in [0.4, 0.5) is 0 Å². The minimum absolute atomic E-state index is 0. The molecule has 0 aromatic rings. The number of nitrogens with one attached hydrogen (secondary N) is 1. The fourth-order valence-electron chi connectivity index (χ4n) is 0.519. The van der Waals surface area contributed by atoms with Crippen LogP contribution in [-0.2, 0) is 15.1 Å². The van der Waals surface area contributed by atoms with Crippen LogP contribution in [0.2, 0.25) is 0 Å². The van der Waals surface area contributed by atoms with Gasteiger partial charge in [-0.2, -0.15) is 8.42 Å². The van der Waals surface area contributed by atoms with Gasteiger partial charge in [0.25, 0.3) is 5.91 Å². The fourth-order valence-corrected chi connectivity index (χ4v) is 0.877. The third-order valence-corrected chi connectivity index (χ3v) is 1.84. The quantitative estimate of drug-likeness (QED) is 0.401. The molecule has 1 amide bonds. The Kier molecular flexibility index (Phi) is 6.23. The summed E-state index contributed by atoms with van der Waals surface area (Å²) in [5.41, 5.74) is -0.445. The number of carbonyl (C=O) groups is 1. The van der Waals surface area contributed by atoms with Gasteiger partial charge in [-0.3, -0.25) is 9.35 Å². The van der Waals surface area contributed by atoms with Gasteiger partial charge in [-0.05, 0) is 5.41 Å². The molecule has 77 valence electrons. The first-order valence-corrected chi connectivity index (χ1v) is 4.97. The molecule has 0 saturated carbocycles. The Bertz CT molecular complexity index is 328. The van der Waals surface area contributed by atoms with E-state index in [2.05, 4.69) is 6.58 Å². The molecule has 0 spiro atoms. The molecular formula is C7H13NNaO4S. The van der Waals surface area contributed by atoms with E-state index < -0.39 is 21.6 Å². The molecule has 14 heavy (non-hydrogen) atoms. The summed E-state index contributed by atoms with van der Waals surface area (Å²) in [5.74, 6) is -0.894. The van der Waals surface area contributed by atoms with Crippen LogP contribution in [0, 0.1) is 5.41 Å². The van der Waals surface area contributed by atoms with Crippen molar-refractivity contribution in [3.05, 3.63) is 12.2 Å². The van der Waals surface area contributed by atoms with Crippen molar-refractivity contribution in [2.45, 2.75) is 20.8 Å². The molecule has 0 rings (SSSR count). The standard InChI is InChI=1S/C7H13NO4S.Na/c1-5(7(2,3)4)6(9)8-13(10,11)12;/h1H2,2-4H3,(H,8,9)(H,10,11,12);. The van der Waals surface area contributed by atoms with Crippen molar-refractivity contribution in [1.29, 1.82) is 0 Å². The van der Waals surface area contributed by atoms with Gasteiger partial charge in [0.15, 0.2) is 0 Å². The molecule has 0 unspecified atom stereocenters. The molecule has 2 N–H and O–H groups in total. The first kappa shape index (κ1) is 16.5. The van der Waals surface area contributed by atoms with Crippen LogP contribution in [0.5, 0.6) is 0 Å². The van der Waals surface area contributed by atoms with Gasteiger partial charge in [0.1, 0.15) is 0 Å². The second kappa shape index (κ2) is 5.27. The summed E-state index contributed by atoms with van der Waals surface area (Å²) in [6.07, 6.45) is 0. The van der Waals surface area contributed by atoms with Crippen LogP contribution in [0.15, 0.2) is 12.2 Å². The maximum atomic E-state index is 11.1. The molecule has 0 fully saturated rings. The van der Waals surface area contributed by atoms with E-state index in [1.165, 1.54) is 4.72 Å². The van der Waals surface area contributed by atoms with Crippen LogP contribution >= 0.6 is 0 Å². The average Bonchev–Trinajstić information content (AvgIpc) is 1.79. The van der Waals surface area contributed by atoms with E-state index in [0.29, 0.717) is 0 Å². The van der Waals surface area contributed by atoms with E-state index in [9.17, 15) is 13.2 Å². The predicted octanol–water partition coefficient (Wildman–Crippen LogP) is 0.127. The smallest absolute Gasteiger partial charge is 0.269 e. The fraction of sp³-hybridized carbons (Fsp3) is 0.571. The third-order valence-electron chi connectivity index (χ3n) is 1.40. The normalized spacial score (nSPS) is 11.4. The largest absolute Gasteiger partial charge is 0.359 e. The van der Waals surface area contributed by atoms with Gasteiger partial charge in [0.05, 0.1) is 0 Å². The van der Waals surface area contributed by atoms with Crippen molar-refractivity contribution in [3.8, 4) is 0 Å². The van der Waals surface area contributed by atoms with Crippen molar-refractivity contribution in [2.24, 2.45) is 5.41 Å². The van der Waals surface area contributed by atoms with Gasteiger partial charge < -0.3 is 0 Å². The summed E-state index contributed by atoms with van der Waals surface area (Å²) in [6.45, 7) is 8.54. The Morgan fingerprint density at radius 3 is 1.93 bits per heavy atom. The van der Waals surface area contributed by atoms with Crippen LogP contribution < -0.4 is 4.72 Å². The summed E-state index contributed by atoms with van der Waals surface area (Å²) >= 11 is 0. The molecule has 5 nitrogen and oxygen atoms in total. The zero-order chi connectivity index (χ0) is 10.9. The Morgan fingerprint density at radius 2 is 1.71 bits per heavy atom. The second-order valence-electron chi connectivity index (χ2n) is 3.63. The van der Waals surface area contributed by atoms with Crippen LogP contribution in [0.25, 0.3) is 0 Å². The predicted molar refractivity (Wildman–Crippen MR) is 54.0 cm³/mol. The van der Waals surface area contributed by atoms with Crippen molar-refractivity contribution < 1.29 is 17.8 Å². The summed E-state index contributed by atoms with van der Waals surface area (Å²) in [7, 11) is -4.49. The number of hydrogen-bond acceptors (Lipinski definition) is 3. The minimum atomic E-state index is -4.49. The van der Waals surface area contributed by atoms with Crippen molar-refractivity contribution in [2.75, 3.05) is 0 Å². The third kappa shape index (κ3) is 6.56. The van der Waals surface area contributed by atoms with E-state index in [1.807, 2.05) is 0 Å². The molecule has 0 aliphatic rings. The average molecular weight is 230 g/mol. The van der Waals surface area contributed by atoms with Crippen molar-refractivity contribution in [1.82, 2.24) is 4.72 Å². The zero-order valence-electron chi connectivity index (χ0n) is 8.79. The Balaban J connectivity index is 0. The molecule has 0 saturated heterocycles. The molecule has 0 aliphatic carbocycles. The maximum absolute atomic E-state index is 11.1. The Labute approximate surface area is 106 Å². The summed E-state index contributed by atoms with van der Waals surface area (Å²) in [4.78, 5) is 11.1. The van der Waals surface area contributed by atoms with Gasteiger partial charge in [-0.15, -0.1) is 0 Å². The number of carbonyl (C=O) groups excluding carboxylic acids is 1. The first-order valence-electron chi connectivity index (χ1n) is 3.53. The molecular weight excluding hydrogens is 217 g/mol. The van der Waals surface area contributed by atoms with E-state index >= 15 is 0 Å². The zero-order valence-corrected chi connectivity index (χ0v) is 11.6. The minimum Gasteiger partial charge on any atom is -0.269 e. The topological polar surface area (TPSA) is 83.5 Å². The Morgan fingerprint density at radius 1 is 1.36 bits per heavy atom. The molecule has 0 atom stereocenters. The van der Waals surface area contributed by atoms with E-state index in [0.717, 1.165) is 0 Å². The number of rotatable bonds is 2. The molecule has 0 aromatic carbocycles. The summed E-state index contributed by atoms with van der Waals surface area (Å²) < 4.78 is 30.2. The molecule has 0 bridgehead atoms. The van der Waals surface area contributed by atoms with Gasteiger partial charge in [-0.25, -0.2) is 4.72 Å². The summed E-state index contributed by atoms with van der Waals surface area (Å²) in [5, 5.41) is 0. The van der Waals surface area contributed by atoms with Crippen LogP contribution in [0.3, 0.4) is 0 Å². The first-order chi connectivity index (χ1) is 5.54.